The lowest BCUT2D eigenvalue weighted by molar-refractivity contribution is 0.858. The van der Waals surface area contributed by atoms with Gasteiger partial charge in [-0.25, -0.2) is 9.97 Å². The van der Waals surface area contributed by atoms with Gasteiger partial charge >= 0.3 is 0 Å². The third kappa shape index (κ3) is 3.85. The van der Waals surface area contributed by atoms with E-state index in [0.29, 0.717) is 11.0 Å². The van der Waals surface area contributed by atoms with Gasteiger partial charge in [-0.15, -0.1) is 0 Å². The second-order valence-corrected chi connectivity index (χ2v) is 5.80. The Morgan fingerprint density at radius 1 is 0.957 bits per heavy atom. The van der Waals surface area contributed by atoms with Crippen LogP contribution in [0.25, 0.3) is 0 Å². The maximum absolute atomic E-state index is 6.15. The van der Waals surface area contributed by atoms with E-state index in [1.54, 1.807) is 6.20 Å². The number of rotatable bonds is 4. The van der Waals surface area contributed by atoms with Crippen LogP contribution >= 0.6 is 11.6 Å². The average Bonchev–Trinajstić information content (AvgIpc) is 2.52. The van der Waals surface area contributed by atoms with Crippen molar-refractivity contribution in [2.24, 2.45) is 0 Å². The first-order valence-electron chi connectivity index (χ1n) is 7.37. The van der Waals surface area contributed by atoms with Crippen LogP contribution in [0.5, 0.6) is 0 Å². The lowest BCUT2D eigenvalue weighted by Crippen LogP contribution is -2.16. The van der Waals surface area contributed by atoms with Crippen molar-refractivity contribution in [3.05, 3.63) is 82.4 Å². The van der Waals surface area contributed by atoms with Gasteiger partial charge in [-0.2, -0.15) is 0 Å². The normalized spacial score (nSPS) is 12.0. The number of aromatic nitrogens is 3. The van der Waals surface area contributed by atoms with E-state index in [-0.39, 0.29) is 6.04 Å². The molecule has 0 fully saturated rings. The molecular formula is C18H17ClN4. The van der Waals surface area contributed by atoms with E-state index in [4.69, 9.17) is 11.6 Å². The number of hydrogen-bond acceptors (Lipinski definition) is 4. The highest BCUT2D eigenvalue weighted by Crippen LogP contribution is 2.26. The minimum atomic E-state index is -0.170. The first-order valence-corrected chi connectivity index (χ1v) is 7.75. The van der Waals surface area contributed by atoms with Gasteiger partial charge in [0, 0.05) is 22.6 Å². The van der Waals surface area contributed by atoms with Crippen LogP contribution in [0.3, 0.4) is 0 Å². The van der Waals surface area contributed by atoms with E-state index in [2.05, 4.69) is 20.3 Å². The summed E-state index contributed by atoms with van der Waals surface area (Å²) < 4.78 is 0. The topological polar surface area (TPSA) is 50.7 Å². The molecule has 1 aromatic carbocycles. The zero-order valence-electron chi connectivity index (χ0n) is 13.0. The van der Waals surface area contributed by atoms with E-state index < -0.39 is 0 Å². The molecule has 0 amide bonds. The summed E-state index contributed by atoms with van der Waals surface area (Å²) in [6.07, 6.45) is 1.77. The van der Waals surface area contributed by atoms with Crippen molar-refractivity contribution in [1.29, 1.82) is 0 Å². The van der Waals surface area contributed by atoms with Gasteiger partial charge < -0.3 is 5.32 Å². The van der Waals surface area contributed by atoms with Gasteiger partial charge in [0.1, 0.15) is 0 Å². The maximum atomic E-state index is 6.15. The number of pyridine rings is 1. The molecule has 0 saturated carbocycles. The molecule has 3 rings (SSSR count). The number of benzene rings is 1. The summed E-state index contributed by atoms with van der Waals surface area (Å²) in [4.78, 5) is 13.4. The number of anilines is 1. The molecule has 0 spiro atoms. The number of nitrogens with zero attached hydrogens (tertiary/aromatic N) is 3. The van der Waals surface area contributed by atoms with Crippen LogP contribution < -0.4 is 5.32 Å². The first kappa shape index (κ1) is 15.4. The Hall–Kier alpha value is -2.46. The Kier molecular flexibility index (Phi) is 4.53. The molecule has 0 radical (unpaired) electrons. The summed E-state index contributed by atoms with van der Waals surface area (Å²) >= 11 is 6.15. The second kappa shape index (κ2) is 6.75. The van der Waals surface area contributed by atoms with Crippen molar-refractivity contribution in [3.63, 3.8) is 0 Å². The van der Waals surface area contributed by atoms with Gasteiger partial charge in [0.15, 0.2) is 0 Å². The van der Waals surface area contributed by atoms with Crippen LogP contribution in [0.15, 0.2) is 54.7 Å². The Balaban J connectivity index is 2.02. The van der Waals surface area contributed by atoms with Gasteiger partial charge in [-0.3, -0.25) is 4.98 Å². The summed E-state index contributed by atoms with van der Waals surface area (Å²) in [5, 5.41) is 4.06. The molecule has 116 valence electrons. The molecule has 1 unspecified atom stereocenters. The van der Waals surface area contributed by atoms with Crippen molar-refractivity contribution in [1.82, 2.24) is 15.0 Å². The summed E-state index contributed by atoms with van der Waals surface area (Å²) in [7, 11) is 0. The highest BCUT2D eigenvalue weighted by atomic mass is 35.5. The highest BCUT2D eigenvalue weighted by Gasteiger charge is 2.17. The average molecular weight is 325 g/mol. The predicted molar refractivity (Wildman–Crippen MR) is 92.7 cm³/mol. The van der Waals surface area contributed by atoms with E-state index in [1.807, 2.05) is 62.4 Å². The van der Waals surface area contributed by atoms with Gasteiger partial charge in [0.2, 0.25) is 5.95 Å². The number of hydrogen-bond donors (Lipinski definition) is 1. The van der Waals surface area contributed by atoms with Gasteiger partial charge in [-0.05, 0) is 49.7 Å². The monoisotopic (exact) mass is 324 g/mol. The minimum absolute atomic E-state index is 0.170. The molecule has 0 bridgehead atoms. The minimum Gasteiger partial charge on any atom is -0.342 e. The molecule has 0 saturated heterocycles. The lowest BCUT2D eigenvalue weighted by atomic mass is 10.0. The highest BCUT2D eigenvalue weighted by molar-refractivity contribution is 6.30. The van der Waals surface area contributed by atoms with E-state index in [0.717, 1.165) is 22.6 Å². The molecule has 3 aromatic rings. The van der Waals surface area contributed by atoms with Crippen molar-refractivity contribution >= 4 is 17.5 Å². The Morgan fingerprint density at radius 2 is 1.74 bits per heavy atom. The zero-order valence-corrected chi connectivity index (χ0v) is 13.7. The fourth-order valence-corrected chi connectivity index (χ4v) is 2.68. The van der Waals surface area contributed by atoms with Gasteiger partial charge in [0.25, 0.3) is 0 Å². The van der Waals surface area contributed by atoms with E-state index >= 15 is 0 Å². The summed E-state index contributed by atoms with van der Waals surface area (Å²) in [5.41, 5.74) is 3.74. The molecule has 23 heavy (non-hydrogen) atoms. The quantitative estimate of drug-likeness (QED) is 0.775. The SMILES string of the molecule is Cc1cc(C)nc(NC(c2cccc(Cl)c2)c2ccccn2)n1. The Labute approximate surface area is 140 Å². The van der Waals surface area contributed by atoms with Crippen LogP contribution in [0.1, 0.15) is 28.7 Å². The van der Waals surface area contributed by atoms with Crippen LogP contribution in [0.2, 0.25) is 5.02 Å². The number of halogens is 1. The molecule has 5 heteroatoms. The molecule has 4 nitrogen and oxygen atoms in total. The maximum Gasteiger partial charge on any atom is 0.223 e. The number of nitrogens with one attached hydrogen (secondary N) is 1. The second-order valence-electron chi connectivity index (χ2n) is 5.36. The van der Waals surface area contributed by atoms with Crippen molar-refractivity contribution in [2.45, 2.75) is 19.9 Å². The summed E-state index contributed by atoms with van der Waals surface area (Å²) in [5.74, 6) is 0.582. The van der Waals surface area contributed by atoms with Crippen molar-refractivity contribution in [3.8, 4) is 0 Å². The molecule has 0 aliphatic carbocycles. The molecule has 0 aliphatic heterocycles. The van der Waals surface area contributed by atoms with Crippen LogP contribution in [0, 0.1) is 13.8 Å². The standard InChI is InChI=1S/C18H17ClN4/c1-12-10-13(2)22-18(21-12)23-17(16-8-3-4-9-20-16)14-6-5-7-15(19)11-14/h3-11,17H,1-2H3,(H,21,22,23). The lowest BCUT2D eigenvalue weighted by Gasteiger charge is -2.19. The zero-order chi connectivity index (χ0) is 16.2. The molecule has 0 aliphatic rings. The van der Waals surface area contributed by atoms with Crippen LogP contribution in [-0.4, -0.2) is 15.0 Å². The fraction of sp³-hybridized carbons (Fsp3) is 0.167. The van der Waals surface area contributed by atoms with Gasteiger partial charge in [-0.1, -0.05) is 29.8 Å². The molecular weight excluding hydrogens is 308 g/mol. The Morgan fingerprint density at radius 3 is 2.39 bits per heavy atom. The summed E-state index contributed by atoms with van der Waals surface area (Å²) in [6, 6.07) is 15.3. The largest absolute Gasteiger partial charge is 0.342 e. The third-order valence-electron chi connectivity index (χ3n) is 3.42. The molecule has 1 N–H and O–H groups in total. The predicted octanol–water partition coefficient (Wildman–Crippen LogP) is 4.34. The van der Waals surface area contributed by atoms with Gasteiger partial charge in [0.05, 0.1) is 11.7 Å². The van der Waals surface area contributed by atoms with E-state index in [9.17, 15) is 0 Å². The van der Waals surface area contributed by atoms with Crippen LogP contribution in [-0.2, 0) is 0 Å². The molecule has 2 aromatic heterocycles. The molecule has 1 atom stereocenters. The first-order chi connectivity index (χ1) is 11.1. The number of aryl methyl sites for hydroxylation is 2. The smallest absolute Gasteiger partial charge is 0.223 e. The van der Waals surface area contributed by atoms with E-state index in [1.165, 1.54) is 0 Å². The molecule has 2 heterocycles. The van der Waals surface area contributed by atoms with Crippen LogP contribution in [0.4, 0.5) is 5.95 Å². The van der Waals surface area contributed by atoms with Crippen molar-refractivity contribution in [2.75, 3.05) is 5.32 Å². The summed E-state index contributed by atoms with van der Waals surface area (Å²) in [6.45, 7) is 3.91. The van der Waals surface area contributed by atoms with Crippen molar-refractivity contribution < 1.29 is 0 Å². The third-order valence-corrected chi connectivity index (χ3v) is 3.66. The Bertz CT molecular complexity index is 785. The fourth-order valence-electron chi connectivity index (χ4n) is 2.48.